The van der Waals surface area contributed by atoms with Gasteiger partial charge in [-0.3, -0.25) is 19.4 Å². The summed E-state index contributed by atoms with van der Waals surface area (Å²) in [5.74, 6) is 1.65. The number of rotatable bonds is 11. The van der Waals surface area contributed by atoms with Crippen molar-refractivity contribution >= 4 is 11.6 Å². The largest absolute Gasteiger partial charge is 0.495 e. The highest BCUT2D eigenvalue weighted by Crippen LogP contribution is 2.39. The molecule has 0 N–H and O–H groups in total. The predicted octanol–water partition coefficient (Wildman–Crippen LogP) is 7.09. The fourth-order valence-corrected chi connectivity index (χ4v) is 5.87. The van der Waals surface area contributed by atoms with Crippen LogP contribution < -0.4 is 14.4 Å². The van der Waals surface area contributed by atoms with Gasteiger partial charge in [-0.2, -0.15) is 5.10 Å². The summed E-state index contributed by atoms with van der Waals surface area (Å²) in [4.78, 5) is 25.6. The molecule has 0 spiro atoms. The molecule has 1 aliphatic rings. The molecule has 1 aliphatic carbocycles. The van der Waals surface area contributed by atoms with Gasteiger partial charge in [-0.1, -0.05) is 56.3 Å². The number of hydrogen-bond donors (Lipinski definition) is 0. The summed E-state index contributed by atoms with van der Waals surface area (Å²) in [6.07, 6.45) is 9.91. The van der Waals surface area contributed by atoms with Gasteiger partial charge in [0.2, 0.25) is 5.91 Å². The number of ether oxygens (including phenoxy) is 2. The topological polar surface area (TPSA) is 82.4 Å². The summed E-state index contributed by atoms with van der Waals surface area (Å²) in [6.45, 7) is 5.63. The summed E-state index contributed by atoms with van der Waals surface area (Å²) >= 11 is 0. The van der Waals surface area contributed by atoms with Gasteiger partial charge in [0.05, 0.1) is 56.1 Å². The van der Waals surface area contributed by atoms with Crippen LogP contribution in [0.2, 0.25) is 0 Å². The number of benzene rings is 2. The number of carbonyl (C=O) groups is 1. The molecular formula is C37H39N5O3. The molecular weight excluding hydrogens is 562 g/mol. The highest BCUT2D eigenvalue weighted by molar-refractivity contribution is 5.98. The van der Waals surface area contributed by atoms with Crippen molar-refractivity contribution in [3.05, 3.63) is 131 Å². The van der Waals surface area contributed by atoms with E-state index in [9.17, 15) is 4.79 Å². The summed E-state index contributed by atoms with van der Waals surface area (Å²) in [6, 6.07) is 24.1. The van der Waals surface area contributed by atoms with E-state index in [-0.39, 0.29) is 11.8 Å². The van der Waals surface area contributed by atoms with Crippen LogP contribution in [0.25, 0.3) is 0 Å². The number of hydrogen-bond acceptors (Lipinski definition) is 6. The van der Waals surface area contributed by atoms with Crippen LogP contribution in [0, 0.1) is 0 Å². The molecule has 2 aromatic carbocycles. The third-order valence-electron chi connectivity index (χ3n) is 8.32. The molecule has 0 fully saturated rings. The normalized spacial score (nSPS) is 14.2. The van der Waals surface area contributed by atoms with Gasteiger partial charge in [-0.05, 0) is 72.2 Å². The summed E-state index contributed by atoms with van der Waals surface area (Å²) in [7, 11) is 1.63. The van der Waals surface area contributed by atoms with Crippen molar-refractivity contribution in [2.45, 2.75) is 64.6 Å². The monoisotopic (exact) mass is 601 g/mol. The lowest BCUT2D eigenvalue weighted by Crippen LogP contribution is -2.36. The van der Waals surface area contributed by atoms with Gasteiger partial charge in [0, 0.05) is 17.5 Å². The molecule has 5 aromatic rings. The lowest BCUT2D eigenvalue weighted by Gasteiger charge is -2.31. The minimum Gasteiger partial charge on any atom is -0.495 e. The second-order valence-corrected chi connectivity index (χ2v) is 11.8. The van der Waals surface area contributed by atoms with E-state index in [0.717, 1.165) is 64.3 Å². The van der Waals surface area contributed by atoms with Gasteiger partial charge in [0.25, 0.3) is 0 Å². The zero-order valence-corrected chi connectivity index (χ0v) is 26.1. The minimum absolute atomic E-state index is 0.0554. The van der Waals surface area contributed by atoms with E-state index in [1.54, 1.807) is 13.3 Å². The lowest BCUT2D eigenvalue weighted by molar-refractivity contribution is -0.120. The molecule has 0 saturated heterocycles. The van der Waals surface area contributed by atoms with Crippen molar-refractivity contribution in [2.75, 3.05) is 12.0 Å². The van der Waals surface area contributed by atoms with Crippen LogP contribution in [-0.4, -0.2) is 32.8 Å². The summed E-state index contributed by atoms with van der Waals surface area (Å²) in [5.41, 5.74) is 6.87. The Morgan fingerprint density at radius 3 is 2.56 bits per heavy atom. The van der Waals surface area contributed by atoms with Gasteiger partial charge in [-0.15, -0.1) is 0 Å². The molecule has 230 valence electrons. The first-order valence-electron chi connectivity index (χ1n) is 15.5. The number of methoxy groups -OCH3 is 1. The fourth-order valence-electron chi connectivity index (χ4n) is 5.87. The SMILES string of the molecule is COc1ccc(Cn2cc(CN(C(=O)C3CCCc4c(OCc5ccccc5)cccc43)c3ccc(C(C)C)nc3)cn2)nc1. The third kappa shape index (κ3) is 7.06. The first-order chi connectivity index (χ1) is 22.0. The van der Waals surface area contributed by atoms with Crippen LogP contribution in [0.15, 0.2) is 97.6 Å². The average Bonchev–Trinajstić information content (AvgIpc) is 3.53. The molecule has 1 amide bonds. The molecule has 0 bridgehead atoms. The molecule has 0 radical (unpaired) electrons. The van der Waals surface area contributed by atoms with Gasteiger partial charge in [0.1, 0.15) is 18.1 Å². The Morgan fingerprint density at radius 1 is 0.956 bits per heavy atom. The number of aromatic nitrogens is 4. The van der Waals surface area contributed by atoms with Gasteiger partial charge in [0.15, 0.2) is 0 Å². The quantitative estimate of drug-likeness (QED) is 0.161. The smallest absolute Gasteiger partial charge is 0.234 e. The van der Waals surface area contributed by atoms with Crippen LogP contribution >= 0.6 is 0 Å². The molecule has 8 heteroatoms. The van der Waals surface area contributed by atoms with Crippen LogP contribution in [0.1, 0.15) is 72.2 Å². The van der Waals surface area contributed by atoms with E-state index in [2.05, 4.69) is 42.1 Å². The number of anilines is 1. The van der Waals surface area contributed by atoms with Crippen molar-refractivity contribution < 1.29 is 14.3 Å². The molecule has 8 nitrogen and oxygen atoms in total. The Hall–Kier alpha value is -4.98. The van der Waals surface area contributed by atoms with Crippen molar-refractivity contribution in [1.82, 2.24) is 19.7 Å². The highest BCUT2D eigenvalue weighted by atomic mass is 16.5. The molecule has 3 aromatic heterocycles. The Morgan fingerprint density at radius 2 is 1.82 bits per heavy atom. The number of carbonyl (C=O) groups excluding carboxylic acids is 1. The summed E-state index contributed by atoms with van der Waals surface area (Å²) < 4.78 is 13.4. The standard InChI is InChI=1S/C37H39N5O3/c1-26(2)35-18-16-30(20-39-35)42(23-28-19-40-41(22-28)24-29-15-17-31(44-3)21-38-29)37(43)34-13-7-12-33-32(34)11-8-14-36(33)45-25-27-9-5-4-6-10-27/h4-6,8-11,14-22,26,34H,7,12-13,23-25H2,1-3H3. The second kappa shape index (κ2) is 13.8. The Labute approximate surface area is 264 Å². The predicted molar refractivity (Wildman–Crippen MR) is 175 cm³/mol. The fraction of sp³-hybridized carbons (Fsp3) is 0.297. The molecule has 45 heavy (non-hydrogen) atoms. The number of pyridine rings is 2. The average molecular weight is 602 g/mol. The van der Waals surface area contributed by atoms with E-state index >= 15 is 0 Å². The number of fused-ring (bicyclic) bond motifs is 1. The van der Waals surface area contributed by atoms with E-state index in [1.807, 2.05) is 82.8 Å². The minimum atomic E-state index is -0.280. The molecule has 0 saturated carbocycles. The number of amides is 1. The van der Waals surface area contributed by atoms with Crippen LogP contribution in [0.3, 0.4) is 0 Å². The van der Waals surface area contributed by atoms with Crippen molar-refractivity contribution in [3.63, 3.8) is 0 Å². The Bertz CT molecular complexity index is 1720. The van der Waals surface area contributed by atoms with Crippen LogP contribution in [-0.2, 0) is 30.9 Å². The van der Waals surface area contributed by atoms with E-state index in [0.29, 0.717) is 31.4 Å². The van der Waals surface area contributed by atoms with Gasteiger partial charge < -0.3 is 14.4 Å². The highest BCUT2D eigenvalue weighted by Gasteiger charge is 2.32. The zero-order valence-electron chi connectivity index (χ0n) is 26.1. The van der Waals surface area contributed by atoms with Crippen molar-refractivity contribution in [1.29, 1.82) is 0 Å². The lowest BCUT2D eigenvalue weighted by atomic mass is 9.81. The zero-order chi connectivity index (χ0) is 31.2. The Kier molecular flexibility index (Phi) is 9.19. The first-order valence-corrected chi connectivity index (χ1v) is 15.5. The molecule has 6 rings (SSSR count). The molecule has 1 unspecified atom stereocenters. The molecule has 1 atom stereocenters. The van der Waals surface area contributed by atoms with Crippen LogP contribution in [0.4, 0.5) is 5.69 Å². The third-order valence-corrected chi connectivity index (χ3v) is 8.32. The number of nitrogens with zero attached hydrogens (tertiary/aromatic N) is 5. The maximum Gasteiger partial charge on any atom is 0.234 e. The summed E-state index contributed by atoms with van der Waals surface area (Å²) in [5, 5.41) is 4.58. The van der Waals surface area contributed by atoms with Crippen molar-refractivity contribution in [2.24, 2.45) is 0 Å². The second-order valence-electron chi connectivity index (χ2n) is 11.8. The Balaban J connectivity index is 1.26. The van der Waals surface area contributed by atoms with Gasteiger partial charge in [-0.25, -0.2) is 0 Å². The van der Waals surface area contributed by atoms with Crippen LogP contribution in [0.5, 0.6) is 11.5 Å². The molecule has 3 heterocycles. The van der Waals surface area contributed by atoms with E-state index in [4.69, 9.17) is 14.5 Å². The van der Waals surface area contributed by atoms with Crippen molar-refractivity contribution in [3.8, 4) is 11.5 Å². The van der Waals surface area contributed by atoms with E-state index < -0.39 is 0 Å². The molecule has 0 aliphatic heterocycles. The maximum absolute atomic E-state index is 14.5. The van der Waals surface area contributed by atoms with Gasteiger partial charge >= 0.3 is 0 Å². The maximum atomic E-state index is 14.5. The first kappa shape index (κ1) is 30.1. The van der Waals surface area contributed by atoms with E-state index in [1.165, 1.54) is 0 Å².